The predicted molar refractivity (Wildman–Crippen MR) is 129 cm³/mol. The number of alkyl carbamates (subject to hydrolysis) is 1. The highest BCUT2D eigenvalue weighted by atomic mass is 16.6. The van der Waals surface area contributed by atoms with Gasteiger partial charge in [0.05, 0.1) is 0 Å². The van der Waals surface area contributed by atoms with E-state index in [9.17, 15) is 24.3 Å². The zero-order valence-corrected chi connectivity index (χ0v) is 20.3. The van der Waals surface area contributed by atoms with Gasteiger partial charge in [-0.2, -0.15) is 0 Å². The van der Waals surface area contributed by atoms with E-state index in [1.54, 1.807) is 0 Å². The van der Waals surface area contributed by atoms with Gasteiger partial charge in [0, 0.05) is 31.3 Å². The van der Waals surface area contributed by atoms with Crippen LogP contribution >= 0.6 is 0 Å². The summed E-state index contributed by atoms with van der Waals surface area (Å²) in [5.41, 5.74) is 1.25. The van der Waals surface area contributed by atoms with Gasteiger partial charge in [-0.3, -0.25) is 9.59 Å². The van der Waals surface area contributed by atoms with E-state index in [-0.39, 0.29) is 36.7 Å². The molecule has 5 atom stereocenters. The van der Waals surface area contributed by atoms with Crippen LogP contribution in [0.4, 0.5) is 4.79 Å². The third-order valence-electron chi connectivity index (χ3n) is 6.96. The van der Waals surface area contributed by atoms with Gasteiger partial charge in [0.1, 0.15) is 12.1 Å². The van der Waals surface area contributed by atoms with Crippen LogP contribution in [0.1, 0.15) is 57.4 Å². The highest BCUT2D eigenvalue weighted by Gasteiger charge is 2.32. The molecule has 1 aliphatic carbocycles. The number of hydrogen-bond acceptors (Lipinski definition) is 5. The van der Waals surface area contributed by atoms with Gasteiger partial charge in [-0.15, -0.1) is 0 Å². The van der Waals surface area contributed by atoms with Crippen molar-refractivity contribution in [3.05, 3.63) is 35.9 Å². The molecular formula is C26H37N3O6. The average molecular weight is 488 g/mol. The molecule has 35 heavy (non-hydrogen) atoms. The van der Waals surface area contributed by atoms with Crippen molar-refractivity contribution in [3.63, 3.8) is 0 Å². The summed E-state index contributed by atoms with van der Waals surface area (Å²) in [6, 6.07) is 9.13. The third-order valence-corrected chi connectivity index (χ3v) is 6.96. The Morgan fingerprint density at radius 3 is 2.63 bits per heavy atom. The van der Waals surface area contributed by atoms with Gasteiger partial charge >= 0.3 is 12.1 Å². The molecule has 3 rings (SSSR count). The van der Waals surface area contributed by atoms with Crippen LogP contribution < -0.4 is 16.0 Å². The van der Waals surface area contributed by atoms with Crippen molar-refractivity contribution >= 4 is 23.9 Å². The second kappa shape index (κ2) is 13.1. The van der Waals surface area contributed by atoms with Gasteiger partial charge in [0.2, 0.25) is 11.8 Å². The van der Waals surface area contributed by atoms with Gasteiger partial charge in [-0.1, -0.05) is 37.3 Å². The molecule has 1 saturated carbocycles. The standard InChI is InChI=1S/C26H37N3O6/c1-17(10-11-23(30)29-21(25(32)33)15-20-12-13-27-24(20)31)16-28-26(34)35-22-9-5-8-19(22)14-18-6-3-2-4-7-18/h2-4,6-7,17,19-22H,5,8-16H2,1H3,(H,27,31)(H,28,34)(H,29,30)(H,32,33)/t17?,19?,20-,21-,22?/m0/s1. The number of carbonyl (C=O) groups excluding carboxylic acids is 3. The second-order valence-corrected chi connectivity index (χ2v) is 9.82. The van der Waals surface area contributed by atoms with Gasteiger partial charge in [-0.05, 0) is 56.4 Å². The summed E-state index contributed by atoms with van der Waals surface area (Å²) in [5, 5.41) is 17.4. The summed E-state index contributed by atoms with van der Waals surface area (Å²) >= 11 is 0. The van der Waals surface area contributed by atoms with Crippen LogP contribution in [-0.4, -0.2) is 54.2 Å². The van der Waals surface area contributed by atoms with Crippen LogP contribution in [0.25, 0.3) is 0 Å². The summed E-state index contributed by atoms with van der Waals surface area (Å²) in [7, 11) is 0. The lowest BCUT2D eigenvalue weighted by atomic mass is 9.96. The molecule has 1 aliphatic heterocycles. The lowest BCUT2D eigenvalue weighted by Gasteiger charge is -2.21. The minimum atomic E-state index is -1.15. The molecule has 0 radical (unpaired) electrons. The Hall–Kier alpha value is -3.10. The van der Waals surface area contributed by atoms with Crippen molar-refractivity contribution in [2.24, 2.45) is 17.8 Å². The van der Waals surface area contributed by atoms with E-state index in [4.69, 9.17) is 4.74 Å². The first kappa shape index (κ1) is 26.5. The van der Waals surface area contributed by atoms with Crippen molar-refractivity contribution in [1.29, 1.82) is 0 Å². The Labute approximate surface area is 206 Å². The van der Waals surface area contributed by atoms with Crippen LogP contribution in [0.5, 0.6) is 0 Å². The van der Waals surface area contributed by atoms with E-state index in [0.29, 0.717) is 31.8 Å². The van der Waals surface area contributed by atoms with E-state index in [1.165, 1.54) is 5.56 Å². The third kappa shape index (κ3) is 8.56. The van der Waals surface area contributed by atoms with E-state index in [0.717, 1.165) is 25.7 Å². The zero-order chi connectivity index (χ0) is 25.2. The Morgan fingerprint density at radius 1 is 1.17 bits per heavy atom. The largest absolute Gasteiger partial charge is 0.480 e. The summed E-state index contributed by atoms with van der Waals surface area (Å²) in [6.07, 6.45) is 4.61. The maximum atomic E-state index is 12.3. The molecular weight excluding hydrogens is 450 g/mol. The molecule has 1 aromatic carbocycles. The van der Waals surface area contributed by atoms with Crippen LogP contribution in [-0.2, 0) is 25.5 Å². The fourth-order valence-electron chi connectivity index (χ4n) is 4.87. The van der Waals surface area contributed by atoms with Gasteiger partial charge in [0.15, 0.2) is 0 Å². The number of carboxylic acid groups (broad SMARTS) is 1. The maximum absolute atomic E-state index is 12.3. The first-order valence-corrected chi connectivity index (χ1v) is 12.6. The first-order valence-electron chi connectivity index (χ1n) is 12.6. The van der Waals surface area contributed by atoms with Gasteiger partial charge < -0.3 is 25.8 Å². The quantitative estimate of drug-likeness (QED) is 0.358. The number of nitrogens with one attached hydrogen (secondary N) is 3. The highest BCUT2D eigenvalue weighted by molar-refractivity contribution is 5.85. The average Bonchev–Trinajstić information content (AvgIpc) is 3.44. The minimum absolute atomic E-state index is 0.0147. The Bertz CT molecular complexity index is 877. The monoisotopic (exact) mass is 487 g/mol. The molecule has 2 aliphatic rings. The first-order chi connectivity index (χ1) is 16.8. The molecule has 0 bridgehead atoms. The number of carboxylic acids is 1. The molecule has 2 fully saturated rings. The fourth-order valence-corrected chi connectivity index (χ4v) is 4.87. The van der Waals surface area contributed by atoms with Crippen LogP contribution in [0.2, 0.25) is 0 Å². The number of rotatable bonds is 12. The van der Waals surface area contributed by atoms with Crippen molar-refractivity contribution in [2.45, 2.75) is 70.4 Å². The van der Waals surface area contributed by atoms with Crippen molar-refractivity contribution < 1.29 is 29.0 Å². The van der Waals surface area contributed by atoms with Crippen LogP contribution in [0.15, 0.2) is 30.3 Å². The van der Waals surface area contributed by atoms with E-state index < -0.39 is 24.0 Å². The van der Waals surface area contributed by atoms with Crippen molar-refractivity contribution in [1.82, 2.24) is 16.0 Å². The summed E-state index contributed by atoms with van der Waals surface area (Å²) in [4.78, 5) is 47.8. The van der Waals surface area contributed by atoms with Crippen LogP contribution in [0, 0.1) is 17.8 Å². The number of aliphatic carboxylic acids is 1. The highest BCUT2D eigenvalue weighted by Crippen LogP contribution is 2.31. The SMILES string of the molecule is CC(CCC(=O)N[C@@H](C[C@@H]1CCNC1=O)C(=O)O)CNC(=O)OC1CCCC1Cc1ccccc1. The summed E-state index contributed by atoms with van der Waals surface area (Å²) < 4.78 is 5.70. The zero-order valence-electron chi connectivity index (χ0n) is 20.3. The number of amides is 3. The molecule has 1 aromatic rings. The number of carbonyl (C=O) groups is 4. The number of benzene rings is 1. The van der Waals surface area contributed by atoms with Crippen molar-refractivity contribution in [3.8, 4) is 0 Å². The molecule has 3 unspecified atom stereocenters. The van der Waals surface area contributed by atoms with E-state index >= 15 is 0 Å². The Balaban J connectivity index is 1.34. The molecule has 9 heteroatoms. The molecule has 0 spiro atoms. The second-order valence-electron chi connectivity index (χ2n) is 9.82. The fraction of sp³-hybridized carbons (Fsp3) is 0.615. The van der Waals surface area contributed by atoms with Crippen molar-refractivity contribution in [2.75, 3.05) is 13.1 Å². The molecule has 1 saturated heterocycles. The molecule has 0 aromatic heterocycles. The van der Waals surface area contributed by atoms with Gasteiger partial charge in [-0.25, -0.2) is 9.59 Å². The van der Waals surface area contributed by atoms with Crippen LogP contribution in [0.3, 0.4) is 0 Å². The Kier molecular flexibility index (Phi) is 9.93. The molecule has 1 heterocycles. The number of ether oxygens (including phenoxy) is 1. The molecule has 192 valence electrons. The normalized spacial score (nSPS) is 23.2. The molecule has 4 N–H and O–H groups in total. The maximum Gasteiger partial charge on any atom is 0.407 e. The molecule has 3 amide bonds. The van der Waals surface area contributed by atoms with E-state index in [1.807, 2.05) is 25.1 Å². The number of hydrogen-bond donors (Lipinski definition) is 4. The Morgan fingerprint density at radius 2 is 1.94 bits per heavy atom. The van der Waals surface area contributed by atoms with E-state index in [2.05, 4.69) is 28.1 Å². The van der Waals surface area contributed by atoms with Gasteiger partial charge in [0.25, 0.3) is 0 Å². The lowest BCUT2D eigenvalue weighted by molar-refractivity contribution is -0.142. The minimum Gasteiger partial charge on any atom is -0.480 e. The molecule has 9 nitrogen and oxygen atoms in total. The predicted octanol–water partition coefficient (Wildman–Crippen LogP) is 2.64. The summed E-state index contributed by atoms with van der Waals surface area (Å²) in [6.45, 7) is 2.82. The lowest BCUT2D eigenvalue weighted by Crippen LogP contribution is -2.43. The topological polar surface area (TPSA) is 134 Å². The summed E-state index contributed by atoms with van der Waals surface area (Å²) in [5.74, 6) is -1.74. The smallest absolute Gasteiger partial charge is 0.407 e.